The molecule has 5 rings (SSSR count). The summed E-state index contributed by atoms with van der Waals surface area (Å²) < 4.78 is 17.9. The molecule has 2 aromatic heterocycles. The van der Waals surface area contributed by atoms with Crippen LogP contribution in [0.4, 0.5) is 11.4 Å². The number of H-pyrrole nitrogens is 1. The number of rotatable bonds is 6. The lowest BCUT2D eigenvalue weighted by Gasteiger charge is -2.34. The summed E-state index contributed by atoms with van der Waals surface area (Å²) in [4.78, 5) is 20.6. The Kier molecular flexibility index (Phi) is 6.44. The lowest BCUT2D eigenvalue weighted by molar-refractivity contribution is -0.181. The number of pyridine rings is 1. The summed E-state index contributed by atoms with van der Waals surface area (Å²) in [6, 6.07) is 7.54. The molecular weight excluding hydrogens is 468 g/mol. The van der Waals surface area contributed by atoms with Crippen molar-refractivity contribution in [1.29, 1.82) is 0 Å². The molecule has 1 saturated heterocycles. The number of anilines is 2. The van der Waals surface area contributed by atoms with Gasteiger partial charge in [0.05, 0.1) is 42.0 Å². The second kappa shape index (κ2) is 9.53. The van der Waals surface area contributed by atoms with Gasteiger partial charge in [-0.25, -0.2) is 0 Å². The number of nitrogens with zero attached hydrogens (tertiary/aromatic N) is 1. The fourth-order valence-corrected chi connectivity index (χ4v) is 4.47. The molecule has 0 radical (unpaired) electrons. The molecule has 0 unspecified atom stereocenters. The van der Waals surface area contributed by atoms with Crippen molar-refractivity contribution in [3.63, 3.8) is 0 Å². The monoisotopic (exact) mass is 496 g/mol. The van der Waals surface area contributed by atoms with Crippen LogP contribution in [0.5, 0.6) is 5.75 Å². The number of halogens is 1. The fraction of sp³-hybridized carbons (Fsp3) is 0.385. The minimum Gasteiger partial charge on any atom is -0.488 e. The number of amides is 1. The summed E-state index contributed by atoms with van der Waals surface area (Å²) in [5.41, 5.74) is 5.13. The van der Waals surface area contributed by atoms with Crippen molar-refractivity contribution >= 4 is 28.9 Å². The summed E-state index contributed by atoms with van der Waals surface area (Å²) in [5, 5.41) is 7.06. The Bertz CT molecular complexity index is 1250. The van der Waals surface area contributed by atoms with Crippen LogP contribution < -0.4 is 15.4 Å². The van der Waals surface area contributed by atoms with Gasteiger partial charge >= 0.3 is 0 Å². The van der Waals surface area contributed by atoms with E-state index in [2.05, 4.69) is 20.6 Å². The highest BCUT2D eigenvalue weighted by Crippen LogP contribution is 2.41. The van der Waals surface area contributed by atoms with Crippen molar-refractivity contribution in [2.45, 2.75) is 38.9 Å². The van der Waals surface area contributed by atoms with Crippen LogP contribution in [0.3, 0.4) is 0 Å². The van der Waals surface area contributed by atoms with Crippen LogP contribution in [0, 0.1) is 6.92 Å². The topological polar surface area (TPSA) is 97.5 Å². The number of benzene rings is 1. The molecule has 0 spiro atoms. The number of carbonyl (C=O) groups excluding carboxylic acids is 1. The Hall–Kier alpha value is -3.07. The molecule has 0 saturated carbocycles. The van der Waals surface area contributed by atoms with Crippen LogP contribution in [0.25, 0.3) is 11.3 Å². The summed E-state index contributed by atoms with van der Waals surface area (Å²) in [5.74, 6) is 0.466. The third-order valence-electron chi connectivity index (χ3n) is 6.30. The van der Waals surface area contributed by atoms with E-state index in [9.17, 15) is 4.79 Å². The largest absolute Gasteiger partial charge is 0.488 e. The van der Waals surface area contributed by atoms with Gasteiger partial charge in [0.2, 0.25) is 0 Å². The molecule has 35 heavy (non-hydrogen) atoms. The number of aromatic nitrogens is 2. The van der Waals surface area contributed by atoms with E-state index in [1.165, 1.54) is 0 Å². The zero-order valence-corrected chi connectivity index (χ0v) is 20.8. The molecule has 1 amide bonds. The van der Waals surface area contributed by atoms with Gasteiger partial charge in [-0.15, -0.1) is 0 Å². The number of carbonyl (C=O) groups is 1. The number of aromatic amines is 1. The van der Waals surface area contributed by atoms with Crippen LogP contribution in [-0.2, 0) is 15.9 Å². The molecule has 2 aliphatic rings. The van der Waals surface area contributed by atoms with Crippen molar-refractivity contribution in [3.8, 4) is 17.0 Å². The molecule has 4 heterocycles. The zero-order chi connectivity index (χ0) is 24.6. The van der Waals surface area contributed by atoms with Gasteiger partial charge in [-0.05, 0) is 44.5 Å². The Morgan fingerprint density at radius 1 is 1.31 bits per heavy atom. The van der Waals surface area contributed by atoms with Gasteiger partial charge in [0.15, 0.2) is 0 Å². The third kappa shape index (κ3) is 4.87. The first-order chi connectivity index (χ1) is 16.8. The molecular formula is C26H29ClN4O4. The predicted molar refractivity (Wildman–Crippen MR) is 135 cm³/mol. The van der Waals surface area contributed by atoms with E-state index in [-0.39, 0.29) is 17.6 Å². The maximum atomic E-state index is 12.9. The average Bonchev–Trinajstić information content (AvgIpc) is 3.21. The maximum absolute atomic E-state index is 12.9. The number of hydrogen-bond acceptors (Lipinski definition) is 6. The minimum absolute atomic E-state index is 0.122. The first-order valence-electron chi connectivity index (χ1n) is 11.7. The Morgan fingerprint density at radius 2 is 2.17 bits per heavy atom. The highest BCUT2D eigenvalue weighted by atomic mass is 35.5. The Morgan fingerprint density at radius 3 is 2.97 bits per heavy atom. The molecule has 9 heteroatoms. The lowest BCUT2D eigenvalue weighted by Crippen LogP contribution is -2.44. The van der Waals surface area contributed by atoms with Crippen LogP contribution in [0.15, 0.2) is 36.7 Å². The highest BCUT2D eigenvalue weighted by Gasteiger charge is 2.30. The maximum Gasteiger partial charge on any atom is 0.255 e. The van der Waals surface area contributed by atoms with Crippen LogP contribution in [0.2, 0.25) is 5.02 Å². The molecule has 1 fully saturated rings. The summed E-state index contributed by atoms with van der Waals surface area (Å²) in [6.07, 6.45) is 3.91. The van der Waals surface area contributed by atoms with Gasteiger partial charge in [-0.3, -0.25) is 9.78 Å². The molecule has 3 aromatic rings. The van der Waals surface area contributed by atoms with E-state index in [1.807, 2.05) is 45.0 Å². The standard InChI is InChI=1S/C26H29ClN4O4/c1-15-18(27)5-4-6-19(15)30-24-22-20(8-10-29-25(22)32)31-23(24)17-7-9-28-11-21(17)33-12-16-13-35-26(2,3)14-34-16/h4-7,9,11,16,30-31H,8,10,12-14H2,1-3H3,(H,29,32)/t16-/m1/s1. The molecule has 184 valence electrons. The quantitative estimate of drug-likeness (QED) is 0.460. The van der Waals surface area contributed by atoms with Crippen LogP contribution in [-0.4, -0.2) is 53.9 Å². The first kappa shape index (κ1) is 23.7. The van der Waals surface area contributed by atoms with Gasteiger partial charge in [-0.1, -0.05) is 17.7 Å². The number of ether oxygens (including phenoxy) is 3. The average molecular weight is 497 g/mol. The molecule has 1 atom stereocenters. The van der Waals surface area contributed by atoms with Crippen LogP contribution >= 0.6 is 11.6 Å². The van der Waals surface area contributed by atoms with Gasteiger partial charge in [-0.2, -0.15) is 0 Å². The van der Waals surface area contributed by atoms with Crippen LogP contribution in [0.1, 0.15) is 35.5 Å². The Labute approximate surface area is 209 Å². The van der Waals surface area contributed by atoms with Gasteiger partial charge in [0, 0.05) is 41.1 Å². The number of nitrogens with one attached hydrogen (secondary N) is 3. The van der Waals surface area contributed by atoms with Crippen molar-refractivity contribution in [3.05, 3.63) is 58.5 Å². The smallest absolute Gasteiger partial charge is 0.255 e. The van der Waals surface area contributed by atoms with Crippen molar-refractivity contribution in [2.75, 3.05) is 31.7 Å². The van der Waals surface area contributed by atoms with E-state index in [0.717, 1.165) is 28.2 Å². The molecule has 1 aromatic carbocycles. The molecule has 3 N–H and O–H groups in total. The molecule has 2 aliphatic heterocycles. The number of fused-ring (bicyclic) bond motifs is 1. The lowest BCUT2D eigenvalue weighted by atomic mass is 10.0. The van der Waals surface area contributed by atoms with Gasteiger partial charge in [0.1, 0.15) is 18.5 Å². The zero-order valence-electron chi connectivity index (χ0n) is 20.0. The van der Waals surface area contributed by atoms with Crippen molar-refractivity contribution in [2.24, 2.45) is 0 Å². The normalized spacial score (nSPS) is 19.1. The van der Waals surface area contributed by atoms with Gasteiger partial charge in [0.25, 0.3) is 5.91 Å². The molecule has 0 aliphatic carbocycles. The van der Waals surface area contributed by atoms with E-state index in [4.69, 9.17) is 25.8 Å². The SMILES string of the molecule is Cc1c(Cl)cccc1Nc1c(-c2ccncc2OC[C@@H]2COC(C)(C)CO2)[nH]c2c1C(=O)NCC2. The summed E-state index contributed by atoms with van der Waals surface area (Å²) >= 11 is 6.36. The third-order valence-corrected chi connectivity index (χ3v) is 6.71. The Balaban J connectivity index is 1.49. The van der Waals surface area contributed by atoms with Gasteiger partial charge < -0.3 is 29.8 Å². The molecule has 0 bridgehead atoms. The van der Waals surface area contributed by atoms with E-state index in [1.54, 1.807) is 12.4 Å². The van der Waals surface area contributed by atoms with E-state index < -0.39 is 0 Å². The number of hydrogen-bond donors (Lipinski definition) is 3. The van der Waals surface area contributed by atoms with E-state index >= 15 is 0 Å². The summed E-state index contributed by atoms with van der Waals surface area (Å²) in [6.45, 7) is 7.82. The molecule has 8 nitrogen and oxygen atoms in total. The van der Waals surface area contributed by atoms with Crippen molar-refractivity contribution in [1.82, 2.24) is 15.3 Å². The van der Waals surface area contributed by atoms with Crippen molar-refractivity contribution < 1.29 is 19.0 Å². The summed E-state index contributed by atoms with van der Waals surface area (Å²) in [7, 11) is 0. The minimum atomic E-state index is -0.293. The fourth-order valence-electron chi connectivity index (χ4n) is 4.29. The highest BCUT2D eigenvalue weighted by molar-refractivity contribution is 6.31. The second-order valence-corrected chi connectivity index (χ2v) is 9.87. The first-order valence-corrected chi connectivity index (χ1v) is 12.1. The van der Waals surface area contributed by atoms with E-state index in [0.29, 0.717) is 54.8 Å². The second-order valence-electron chi connectivity index (χ2n) is 9.46. The predicted octanol–water partition coefficient (Wildman–Crippen LogP) is 4.64.